The van der Waals surface area contributed by atoms with Crippen LogP contribution >= 0.6 is 0 Å². The molecule has 0 aromatic heterocycles. The van der Waals surface area contributed by atoms with Crippen LogP contribution in [0, 0.1) is 0 Å². The van der Waals surface area contributed by atoms with Gasteiger partial charge in [-0.2, -0.15) is 0 Å². The second-order valence-corrected chi connectivity index (χ2v) is 8.34. The summed E-state index contributed by atoms with van der Waals surface area (Å²) in [5, 5.41) is 7.15. The SMILES string of the molecule is [N-]=[N+]=Nc1ccccc1C(=O)N1C(=O)c2ccccc2C(=O)N(C(=O)c2ccccc2N=[N+]=[N-])c2ccccc21. The largest absolute Gasteiger partial charge is 0.268 e. The number of nitrogens with zero attached hydrogens (tertiary/aromatic N) is 8. The Kier molecular flexibility index (Phi) is 6.76. The van der Waals surface area contributed by atoms with E-state index in [0.29, 0.717) is 0 Å². The number of imide groups is 2. The van der Waals surface area contributed by atoms with Crippen LogP contribution in [-0.4, -0.2) is 23.6 Å². The van der Waals surface area contributed by atoms with Crippen molar-refractivity contribution in [2.45, 2.75) is 0 Å². The third-order valence-electron chi connectivity index (χ3n) is 6.14. The van der Waals surface area contributed by atoms with E-state index in [9.17, 15) is 19.2 Å². The van der Waals surface area contributed by atoms with Gasteiger partial charge in [-0.05, 0) is 47.5 Å². The van der Waals surface area contributed by atoms with E-state index in [4.69, 9.17) is 11.1 Å². The van der Waals surface area contributed by atoms with Crippen LogP contribution in [0.3, 0.4) is 0 Å². The monoisotopic (exact) mass is 528 g/mol. The first kappa shape index (κ1) is 25.4. The van der Waals surface area contributed by atoms with Crippen molar-refractivity contribution >= 4 is 46.4 Å². The Hall–Kier alpha value is -6.22. The maximum absolute atomic E-state index is 14.0. The summed E-state index contributed by atoms with van der Waals surface area (Å²) in [6.07, 6.45) is 0. The lowest BCUT2D eigenvalue weighted by Crippen LogP contribution is -2.45. The number of fused-ring (bicyclic) bond motifs is 2. The van der Waals surface area contributed by atoms with Crippen molar-refractivity contribution in [1.82, 2.24) is 0 Å². The maximum atomic E-state index is 14.0. The molecule has 1 aliphatic heterocycles. The molecule has 0 unspecified atom stereocenters. The van der Waals surface area contributed by atoms with Crippen molar-refractivity contribution < 1.29 is 19.2 Å². The standard InChI is InChI=1S/C28H16N8O4/c29-33-31-21-13-5-3-11-19(21)27(39)35-23-15-7-8-16-24(23)36(26(38)18-10-2-1-9-17(18)25(35)37)28(40)20-12-4-6-14-22(20)32-34-30/h1-16H. The van der Waals surface area contributed by atoms with Gasteiger partial charge in [-0.3, -0.25) is 19.2 Å². The Balaban J connectivity index is 1.79. The van der Waals surface area contributed by atoms with E-state index >= 15 is 0 Å². The lowest BCUT2D eigenvalue weighted by atomic mass is 9.99. The van der Waals surface area contributed by atoms with Crippen LogP contribution in [0.15, 0.2) is 107 Å². The normalized spacial score (nSPS) is 12.2. The molecule has 1 aliphatic rings. The van der Waals surface area contributed by atoms with E-state index in [1.54, 1.807) is 36.4 Å². The van der Waals surface area contributed by atoms with Crippen LogP contribution in [0.4, 0.5) is 22.7 Å². The average molecular weight is 528 g/mol. The number of rotatable bonds is 4. The minimum absolute atomic E-state index is 0.0112. The molecule has 40 heavy (non-hydrogen) atoms. The van der Waals surface area contributed by atoms with Crippen molar-refractivity contribution in [3.8, 4) is 0 Å². The predicted molar refractivity (Wildman–Crippen MR) is 146 cm³/mol. The van der Waals surface area contributed by atoms with Crippen molar-refractivity contribution in [3.63, 3.8) is 0 Å². The quantitative estimate of drug-likeness (QED) is 0.122. The summed E-state index contributed by atoms with van der Waals surface area (Å²) < 4.78 is 0. The third kappa shape index (κ3) is 4.29. The van der Waals surface area contributed by atoms with Crippen LogP contribution in [0.25, 0.3) is 20.9 Å². The summed E-state index contributed by atoms with van der Waals surface area (Å²) in [5.74, 6) is -3.32. The molecule has 0 spiro atoms. The molecule has 0 aliphatic carbocycles. The molecule has 192 valence electrons. The summed E-state index contributed by atoms with van der Waals surface area (Å²) in [4.78, 5) is 63.1. The fourth-order valence-corrected chi connectivity index (χ4v) is 4.38. The van der Waals surface area contributed by atoms with Crippen LogP contribution in [-0.2, 0) is 0 Å². The fraction of sp³-hybridized carbons (Fsp3) is 0. The lowest BCUT2D eigenvalue weighted by Gasteiger charge is -2.32. The number of amides is 4. The summed E-state index contributed by atoms with van der Waals surface area (Å²) in [6.45, 7) is 0. The topological polar surface area (TPSA) is 172 Å². The first-order valence-corrected chi connectivity index (χ1v) is 11.7. The molecule has 0 bridgehead atoms. The molecular formula is C28H16N8O4. The maximum Gasteiger partial charge on any atom is 0.266 e. The molecule has 12 nitrogen and oxygen atoms in total. The van der Waals surface area contributed by atoms with Gasteiger partial charge in [0.05, 0.1) is 33.9 Å². The van der Waals surface area contributed by atoms with E-state index in [2.05, 4.69) is 20.1 Å². The highest BCUT2D eigenvalue weighted by Crippen LogP contribution is 2.38. The third-order valence-corrected chi connectivity index (χ3v) is 6.14. The summed E-state index contributed by atoms with van der Waals surface area (Å²) in [5.41, 5.74) is 17.5. The molecule has 1 heterocycles. The minimum atomic E-state index is -0.841. The highest BCUT2D eigenvalue weighted by atomic mass is 16.2. The van der Waals surface area contributed by atoms with Crippen molar-refractivity contribution in [1.29, 1.82) is 0 Å². The molecule has 4 aromatic rings. The van der Waals surface area contributed by atoms with Gasteiger partial charge in [0.1, 0.15) is 0 Å². The van der Waals surface area contributed by atoms with Crippen molar-refractivity contribution in [2.75, 3.05) is 9.80 Å². The Bertz CT molecular complexity index is 1690. The van der Waals surface area contributed by atoms with Gasteiger partial charge in [0.25, 0.3) is 23.6 Å². The number of hydrogen-bond acceptors (Lipinski definition) is 6. The molecule has 4 aromatic carbocycles. The molecule has 0 saturated heterocycles. The number of hydrogen-bond donors (Lipinski definition) is 0. The number of carbonyl (C=O) groups excluding carboxylic acids is 4. The van der Waals surface area contributed by atoms with Gasteiger partial charge in [0.2, 0.25) is 0 Å². The van der Waals surface area contributed by atoms with Crippen LogP contribution in [0.5, 0.6) is 0 Å². The fourth-order valence-electron chi connectivity index (χ4n) is 4.38. The number of carbonyl (C=O) groups is 4. The zero-order chi connectivity index (χ0) is 28.2. The highest BCUT2D eigenvalue weighted by molar-refractivity contribution is 6.36. The van der Waals surface area contributed by atoms with Crippen LogP contribution < -0.4 is 9.80 Å². The van der Waals surface area contributed by atoms with Gasteiger partial charge in [-0.1, -0.05) is 70.9 Å². The van der Waals surface area contributed by atoms with Gasteiger partial charge >= 0.3 is 0 Å². The molecule has 0 atom stereocenters. The molecule has 4 amide bonds. The van der Waals surface area contributed by atoms with E-state index in [-0.39, 0.29) is 45.0 Å². The Morgan fingerprint density at radius 3 is 1.30 bits per heavy atom. The first-order chi connectivity index (χ1) is 19.5. The number of anilines is 2. The van der Waals surface area contributed by atoms with Crippen molar-refractivity contribution in [2.24, 2.45) is 10.2 Å². The average Bonchev–Trinajstić information content (AvgIpc) is 2.98. The minimum Gasteiger partial charge on any atom is -0.268 e. The van der Waals surface area contributed by atoms with Gasteiger partial charge in [-0.25, -0.2) is 9.80 Å². The van der Waals surface area contributed by atoms with Gasteiger partial charge in [-0.15, -0.1) is 0 Å². The second-order valence-electron chi connectivity index (χ2n) is 8.34. The zero-order valence-corrected chi connectivity index (χ0v) is 20.4. The molecule has 12 heteroatoms. The van der Waals surface area contributed by atoms with E-state index in [0.717, 1.165) is 9.80 Å². The Morgan fingerprint density at radius 1 is 0.550 bits per heavy atom. The molecule has 0 N–H and O–H groups in total. The molecule has 0 radical (unpaired) electrons. The van der Waals surface area contributed by atoms with E-state index in [1.807, 2.05) is 0 Å². The summed E-state index contributed by atoms with van der Waals surface area (Å²) >= 11 is 0. The Labute approximate surface area is 225 Å². The summed E-state index contributed by atoms with van der Waals surface area (Å²) in [6, 6.07) is 23.6. The van der Waals surface area contributed by atoms with Crippen LogP contribution in [0.1, 0.15) is 41.4 Å². The second kappa shape index (κ2) is 10.6. The molecule has 5 rings (SSSR count). The number of para-hydroxylation sites is 2. The van der Waals surface area contributed by atoms with E-state index in [1.165, 1.54) is 60.7 Å². The number of benzene rings is 4. The predicted octanol–water partition coefficient (Wildman–Crippen LogP) is 6.86. The van der Waals surface area contributed by atoms with Gasteiger partial charge < -0.3 is 0 Å². The molecular weight excluding hydrogens is 512 g/mol. The van der Waals surface area contributed by atoms with Crippen LogP contribution in [0.2, 0.25) is 0 Å². The van der Waals surface area contributed by atoms with Crippen molar-refractivity contribution in [3.05, 3.63) is 140 Å². The first-order valence-electron chi connectivity index (χ1n) is 11.7. The Morgan fingerprint density at radius 2 is 0.900 bits per heavy atom. The zero-order valence-electron chi connectivity index (χ0n) is 20.4. The number of azide groups is 2. The van der Waals surface area contributed by atoms with E-state index < -0.39 is 23.6 Å². The smallest absolute Gasteiger partial charge is 0.266 e. The molecule has 0 fully saturated rings. The summed E-state index contributed by atoms with van der Waals surface area (Å²) in [7, 11) is 0. The van der Waals surface area contributed by atoms with Gasteiger partial charge in [0.15, 0.2) is 0 Å². The lowest BCUT2D eigenvalue weighted by molar-refractivity contribution is 0.0860. The highest BCUT2D eigenvalue weighted by Gasteiger charge is 2.39. The van der Waals surface area contributed by atoms with Gasteiger partial charge in [0, 0.05) is 21.0 Å². The molecule has 0 saturated carbocycles.